The van der Waals surface area contributed by atoms with E-state index in [2.05, 4.69) is 27.5 Å². The number of nitrogens with one attached hydrogen (secondary N) is 2. The molecule has 0 aliphatic heterocycles. The molecule has 0 bridgehead atoms. The fourth-order valence-electron chi connectivity index (χ4n) is 2.48. The smallest absolute Gasteiger partial charge is 0.191 e. The van der Waals surface area contributed by atoms with Crippen molar-refractivity contribution in [1.82, 2.24) is 15.6 Å². The molecule has 2 N–H and O–H groups in total. The molecular weight excluding hydrogens is 348 g/mol. The standard InChI is InChI=1S/C19H28N4O2S/c1-6-24-17-9-8-15(10-18(17)25-7-2)13(3)23-19(20-5)22-12-16-11-21-14(4)26-16/h8-11,13H,6-7,12H2,1-5H3,(H2,20,22,23). The summed E-state index contributed by atoms with van der Waals surface area (Å²) in [5.74, 6) is 2.28. The summed E-state index contributed by atoms with van der Waals surface area (Å²) >= 11 is 1.68. The molecular formula is C19H28N4O2S. The van der Waals surface area contributed by atoms with E-state index in [1.165, 1.54) is 4.88 Å². The fourth-order valence-corrected chi connectivity index (χ4v) is 3.21. The third kappa shape index (κ3) is 5.62. The van der Waals surface area contributed by atoms with E-state index in [0.717, 1.165) is 28.0 Å². The Labute approximate surface area is 159 Å². The SMILES string of the molecule is CCOc1ccc(C(C)NC(=NC)NCc2cnc(C)s2)cc1OCC. The Bertz CT molecular complexity index is 730. The summed E-state index contributed by atoms with van der Waals surface area (Å²) in [7, 11) is 1.77. The van der Waals surface area contributed by atoms with Crippen molar-refractivity contribution in [2.24, 2.45) is 4.99 Å². The lowest BCUT2D eigenvalue weighted by Crippen LogP contribution is -2.38. The lowest BCUT2D eigenvalue weighted by molar-refractivity contribution is 0.287. The highest BCUT2D eigenvalue weighted by atomic mass is 32.1. The Morgan fingerprint density at radius 1 is 1.23 bits per heavy atom. The lowest BCUT2D eigenvalue weighted by atomic mass is 10.1. The summed E-state index contributed by atoms with van der Waals surface area (Å²) < 4.78 is 11.3. The molecule has 1 unspecified atom stereocenters. The first-order valence-electron chi connectivity index (χ1n) is 8.85. The van der Waals surface area contributed by atoms with Crippen LogP contribution in [0.25, 0.3) is 0 Å². The van der Waals surface area contributed by atoms with Crippen LogP contribution in [0, 0.1) is 6.92 Å². The van der Waals surface area contributed by atoms with Gasteiger partial charge >= 0.3 is 0 Å². The van der Waals surface area contributed by atoms with Gasteiger partial charge in [0.15, 0.2) is 17.5 Å². The zero-order chi connectivity index (χ0) is 18.9. The molecule has 0 aliphatic carbocycles. The number of nitrogens with zero attached hydrogens (tertiary/aromatic N) is 2. The molecule has 0 spiro atoms. The molecule has 1 aromatic carbocycles. The molecule has 1 atom stereocenters. The van der Waals surface area contributed by atoms with Crippen LogP contribution < -0.4 is 20.1 Å². The second kappa shape index (κ2) is 10.0. The molecule has 2 rings (SSSR count). The maximum absolute atomic E-state index is 5.72. The highest BCUT2D eigenvalue weighted by molar-refractivity contribution is 7.11. The number of thiazole rings is 1. The number of aliphatic imine (C=N–C) groups is 1. The molecule has 2 aromatic rings. The van der Waals surface area contributed by atoms with Gasteiger partial charge in [0.25, 0.3) is 0 Å². The monoisotopic (exact) mass is 376 g/mol. The molecule has 0 fully saturated rings. The quantitative estimate of drug-likeness (QED) is 0.543. The molecule has 1 aromatic heterocycles. The van der Waals surface area contributed by atoms with Crippen molar-refractivity contribution in [3.8, 4) is 11.5 Å². The van der Waals surface area contributed by atoms with Crippen LogP contribution >= 0.6 is 11.3 Å². The highest BCUT2D eigenvalue weighted by Crippen LogP contribution is 2.30. The number of guanidine groups is 1. The number of aryl methyl sites for hydroxylation is 1. The molecule has 6 nitrogen and oxygen atoms in total. The topological polar surface area (TPSA) is 67.8 Å². The molecule has 0 radical (unpaired) electrons. The number of rotatable bonds is 8. The predicted molar refractivity (Wildman–Crippen MR) is 107 cm³/mol. The summed E-state index contributed by atoms with van der Waals surface area (Å²) in [6.45, 7) is 9.94. The first-order valence-corrected chi connectivity index (χ1v) is 9.67. The van der Waals surface area contributed by atoms with Gasteiger partial charge in [-0.25, -0.2) is 4.98 Å². The van der Waals surface area contributed by atoms with E-state index in [9.17, 15) is 0 Å². The summed E-state index contributed by atoms with van der Waals surface area (Å²) in [6.07, 6.45) is 1.89. The molecule has 0 saturated carbocycles. The Balaban J connectivity index is 2.02. The summed E-state index contributed by atoms with van der Waals surface area (Å²) in [6, 6.07) is 6.09. The van der Waals surface area contributed by atoms with E-state index in [4.69, 9.17) is 9.47 Å². The van der Waals surface area contributed by atoms with E-state index in [-0.39, 0.29) is 6.04 Å². The molecule has 142 valence electrons. The van der Waals surface area contributed by atoms with Crippen LogP contribution in [0.3, 0.4) is 0 Å². The predicted octanol–water partition coefficient (Wildman–Crippen LogP) is 3.68. The van der Waals surface area contributed by atoms with E-state index < -0.39 is 0 Å². The molecule has 26 heavy (non-hydrogen) atoms. The van der Waals surface area contributed by atoms with Crippen LogP contribution in [0.5, 0.6) is 11.5 Å². The average molecular weight is 377 g/mol. The number of hydrogen-bond donors (Lipinski definition) is 2. The van der Waals surface area contributed by atoms with Crippen molar-refractivity contribution in [2.45, 2.75) is 40.3 Å². The Morgan fingerprint density at radius 3 is 2.58 bits per heavy atom. The maximum Gasteiger partial charge on any atom is 0.191 e. The summed E-state index contributed by atoms with van der Waals surface area (Å²) in [5.41, 5.74) is 1.11. The van der Waals surface area contributed by atoms with E-state index in [0.29, 0.717) is 19.8 Å². The van der Waals surface area contributed by atoms with Crippen molar-refractivity contribution in [3.05, 3.63) is 39.8 Å². The minimum Gasteiger partial charge on any atom is -0.490 e. The van der Waals surface area contributed by atoms with Crippen LogP contribution in [-0.2, 0) is 6.54 Å². The van der Waals surface area contributed by atoms with E-state index >= 15 is 0 Å². The van der Waals surface area contributed by atoms with Crippen molar-refractivity contribution in [1.29, 1.82) is 0 Å². The van der Waals surface area contributed by atoms with Gasteiger partial charge < -0.3 is 20.1 Å². The molecule has 7 heteroatoms. The highest BCUT2D eigenvalue weighted by Gasteiger charge is 2.12. The molecule has 1 heterocycles. The van der Waals surface area contributed by atoms with Gasteiger partial charge in [-0.1, -0.05) is 6.07 Å². The van der Waals surface area contributed by atoms with Crippen LogP contribution in [0.2, 0.25) is 0 Å². The number of hydrogen-bond acceptors (Lipinski definition) is 5. The summed E-state index contributed by atoms with van der Waals surface area (Å²) in [5, 5.41) is 7.80. The Hall–Kier alpha value is -2.28. The van der Waals surface area contributed by atoms with E-state index in [1.54, 1.807) is 18.4 Å². The van der Waals surface area contributed by atoms with Crippen molar-refractivity contribution in [2.75, 3.05) is 20.3 Å². The van der Waals surface area contributed by atoms with Gasteiger partial charge in [-0.15, -0.1) is 11.3 Å². The van der Waals surface area contributed by atoms with E-state index in [1.807, 2.05) is 45.2 Å². The van der Waals surface area contributed by atoms with Gasteiger partial charge in [-0.05, 0) is 45.4 Å². The van der Waals surface area contributed by atoms with Gasteiger partial charge in [0.1, 0.15) is 0 Å². The Kier molecular flexibility index (Phi) is 7.72. The second-order valence-corrected chi connectivity index (χ2v) is 7.03. The van der Waals surface area contributed by atoms with Crippen LogP contribution in [0.15, 0.2) is 29.4 Å². The molecule has 0 aliphatic rings. The largest absolute Gasteiger partial charge is 0.490 e. The lowest BCUT2D eigenvalue weighted by Gasteiger charge is -2.20. The van der Waals surface area contributed by atoms with Crippen LogP contribution in [0.1, 0.15) is 42.3 Å². The van der Waals surface area contributed by atoms with Crippen LogP contribution in [-0.4, -0.2) is 31.2 Å². The summed E-state index contributed by atoms with van der Waals surface area (Å²) in [4.78, 5) is 9.75. The van der Waals surface area contributed by atoms with Gasteiger partial charge in [0.2, 0.25) is 0 Å². The van der Waals surface area contributed by atoms with Gasteiger partial charge in [0.05, 0.1) is 30.8 Å². The average Bonchev–Trinajstić information content (AvgIpc) is 3.05. The van der Waals surface area contributed by atoms with Crippen LogP contribution in [0.4, 0.5) is 0 Å². The fraction of sp³-hybridized carbons (Fsp3) is 0.474. The minimum absolute atomic E-state index is 0.0688. The zero-order valence-corrected chi connectivity index (χ0v) is 16.9. The number of ether oxygens (including phenoxy) is 2. The first-order chi connectivity index (χ1) is 12.6. The van der Waals surface area contributed by atoms with Gasteiger partial charge in [0, 0.05) is 18.1 Å². The zero-order valence-electron chi connectivity index (χ0n) is 16.1. The van der Waals surface area contributed by atoms with Crippen molar-refractivity contribution >= 4 is 17.3 Å². The maximum atomic E-state index is 5.72. The number of aromatic nitrogens is 1. The van der Waals surface area contributed by atoms with Gasteiger partial charge in [-0.3, -0.25) is 4.99 Å². The first kappa shape index (κ1) is 20.0. The third-order valence-corrected chi connectivity index (χ3v) is 4.66. The Morgan fingerprint density at radius 2 is 1.96 bits per heavy atom. The normalized spacial score (nSPS) is 12.6. The third-order valence-electron chi connectivity index (χ3n) is 3.74. The minimum atomic E-state index is 0.0688. The van der Waals surface area contributed by atoms with Gasteiger partial charge in [-0.2, -0.15) is 0 Å². The second-order valence-electron chi connectivity index (χ2n) is 5.71. The number of benzene rings is 1. The van der Waals surface area contributed by atoms with Crippen molar-refractivity contribution < 1.29 is 9.47 Å². The molecule has 0 amide bonds. The van der Waals surface area contributed by atoms with Crippen molar-refractivity contribution in [3.63, 3.8) is 0 Å². The molecule has 0 saturated heterocycles.